The highest BCUT2D eigenvalue weighted by Crippen LogP contribution is 2.26. The van der Waals surface area contributed by atoms with Crippen LogP contribution in [0.15, 0.2) is 59.5 Å². The molecule has 0 unspecified atom stereocenters. The predicted octanol–water partition coefficient (Wildman–Crippen LogP) is 2.02. The van der Waals surface area contributed by atoms with Crippen molar-refractivity contribution < 1.29 is 9.59 Å². The van der Waals surface area contributed by atoms with E-state index >= 15 is 0 Å². The number of benzene rings is 2. The van der Waals surface area contributed by atoms with Crippen molar-refractivity contribution in [2.45, 2.75) is 4.90 Å². The molecule has 1 saturated heterocycles. The molecule has 0 bridgehead atoms. The zero-order valence-corrected chi connectivity index (χ0v) is 16.0. The fourth-order valence-corrected chi connectivity index (χ4v) is 3.79. The van der Waals surface area contributed by atoms with E-state index in [1.54, 1.807) is 0 Å². The standard InChI is InChI=1S/C20H24N4O2S/c21-19(25)15-27-18-9-5-4-8-17(18)22-20(26)14-23-10-12-24(13-11-23)16-6-2-1-3-7-16/h1-9H,10-15H2,(H2,21,25)(H,22,26). The van der Waals surface area contributed by atoms with Crippen LogP contribution in [-0.2, 0) is 9.59 Å². The van der Waals surface area contributed by atoms with Crippen LogP contribution >= 0.6 is 11.8 Å². The molecule has 7 heteroatoms. The third-order valence-electron chi connectivity index (χ3n) is 4.39. The Hall–Kier alpha value is -2.51. The third kappa shape index (κ3) is 5.74. The van der Waals surface area contributed by atoms with Crippen molar-refractivity contribution in [1.82, 2.24) is 4.90 Å². The minimum absolute atomic E-state index is 0.0460. The van der Waals surface area contributed by atoms with Gasteiger partial charge >= 0.3 is 0 Å². The van der Waals surface area contributed by atoms with Crippen LogP contribution in [0, 0.1) is 0 Å². The van der Waals surface area contributed by atoms with Gasteiger partial charge in [-0.2, -0.15) is 0 Å². The molecular weight excluding hydrogens is 360 g/mol. The molecule has 1 aliphatic rings. The molecule has 1 fully saturated rings. The third-order valence-corrected chi connectivity index (χ3v) is 5.49. The molecule has 0 saturated carbocycles. The number of thioether (sulfide) groups is 1. The summed E-state index contributed by atoms with van der Waals surface area (Å²) < 4.78 is 0. The first kappa shape index (κ1) is 19.3. The van der Waals surface area contributed by atoms with Crippen LogP contribution in [0.3, 0.4) is 0 Å². The number of nitrogens with one attached hydrogen (secondary N) is 1. The molecule has 1 aliphatic heterocycles. The van der Waals surface area contributed by atoms with E-state index in [-0.39, 0.29) is 17.6 Å². The highest BCUT2D eigenvalue weighted by molar-refractivity contribution is 8.00. The molecule has 2 aromatic rings. The smallest absolute Gasteiger partial charge is 0.238 e. The van der Waals surface area contributed by atoms with Gasteiger partial charge in [-0.3, -0.25) is 14.5 Å². The van der Waals surface area contributed by atoms with Crippen LogP contribution < -0.4 is 16.0 Å². The summed E-state index contributed by atoms with van der Waals surface area (Å²) in [5, 5.41) is 2.96. The molecule has 0 aromatic heterocycles. The number of primary amides is 1. The number of carbonyl (C=O) groups is 2. The average Bonchev–Trinajstić information content (AvgIpc) is 2.68. The lowest BCUT2D eigenvalue weighted by Gasteiger charge is -2.35. The monoisotopic (exact) mass is 384 g/mol. The molecule has 0 atom stereocenters. The van der Waals surface area contributed by atoms with Crippen molar-refractivity contribution in [2.75, 3.05) is 48.7 Å². The molecule has 2 aromatic carbocycles. The SMILES string of the molecule is NC(=O)CSc1ccccc1NC(=O)CN1CCN(c2ccccc2)CC1. The number of para-hydroxylation sites is 2. The molecule has 6 nitrogen and oxygen atoms in total. The number of amides is 2. The lowest BCUT2D eigenvalue weighted by Crippen LogP contribution is -2.48. The first-order chi connectivity index (χ1) is 13.1. The van der Waals surface area contributed by atoms with Crippen LogP contribution in [0.2, 0.25) is 0 Å². The largest absolute Gasteiger partial charge is 0.369 e. The van der Waals surface area contributed by atoms with Crippen LogP contribution in [0.4, 0.5) is 11.4 Å². The maximum Gasteiger partial charge on any atom is 0.238 e. The number of carbonyl (C=O) groups excluding carboxylic acids is 2. The Kier molecular flexibility index (Phi) is 6.73. The zero-order valence-electron chi connectivity index (χ0n) is 15.1. The zero-order chi connectivity index (χ0) is 19.1. The highest BCUT2D eigenvalue weighted by atomic mass is 32.2. The highest BCUT2D eigenvalue weighted by Gasteiger charge is 2.19. The Balaban J connectivity index is 1.50. The van der Waals surface area contributed by atoms with Gasteiger partial charge in [-0.15, -0.1) is 11.8 Å². The first-order valence-corrected chi connectivity index (χ1v) is 9.93. The van der Waals surface area contributed by atoms with Crippen LogP contribution in [-0.4, -0.2) is 55.2 Å². The summed E-state index contributed by atoms with van der Waals surface area (Å²) in [5.74, 6) is -0.235. The molecular formula is C20H24N4O2S. The van der Waals surface area contributed by atoms with E-state index in [9.17, 15) is 9.59 Å². The van der Waals surface area contributed by atoms with Gasteiger partial charge in [0.2, 0.25) is 11.8 Å². The lowest BCUT2D eigenvalue weighted by atomic mass is 10.2. The second-order valence-corrected chi connectivity index (χ2v) is 7.42. The van der Waals surface area contributed by atoms with Gasteiger partial charge in [0.25, 0.3) is 0 Å². The van der Waals surface area contributed by atoms with E-state index in [1.165, 1.54) is 17.4 Å². The van der Waals surface area contributed by atoms with Crippen molar-refractivity contribution in [2.24, 2.45) is 5.73 Å². The van der Waals surface area contributed by atoms with Gasteiger partial charge in [-0.05, 0) is 24.3 Å². The van der Waals surface area contributed by atoms with Crippen LogP contribution in [0.25, 0.3) is 0 Å². The summed E-state index contributed by atoms with van der Waals surface area (Å²) in [7, 11) is 0. The fourth-order valence-electron chi connectivity index (χ4n) is 3.04. The summed E-state index contributed by atoms with van der Waals surface area (Å²) in [4.78, 5) is 28.8. The second-order valence-electron chi connectivity index (χ2n) is 6.40. The van der Waals surface area contributed by atoms with Gasteiger partial charge in [0, 0.05) is 36.8 Å². The van der Waals surface area contributed by atoms with E-state index in [0.29, 0.717) is 6.54 Å². The lowest BCUT2D eigenvalue weighted by molar-refractivity contribution is -0.117. The molecule has 0 radical (unpaired) electrons. The second kappa shape index (κ2) is 9.43. The van der Waals surface area contributed by atoms with Crippen molar-refractivity contribution in [3.8, 4) is 0 Å². The Morgan fingerprint density at radius 1 is 0.963 bits per heavy atom. The molecule has 27 heavy (non-hydrogen) atoms. The fraction of sp³-hybridized carbons (Fsp3) is 0.300. The minimum atomic E-state index is -0.377. The van der Waals surface area contributed by atoms with Crippen molar-refractivity contribution in [3.63, 3.8) is 0 Å². The van der Waals surface area contributed by atoms with Gasteiger partial charge in [0.1, 0.15) is 0 Å². The average molecular weight is 385 g/mol. The number of nitrogens with zero attached hydrogens (tertiary/aromatic N) is 2. The number of piperazine rings is 1. The Morgan fingerprint density at radius 3 is 2.33 bits per heavy atom. The van der Waals surface area contributed by atoms with Gasteiger partial charge in [0.05, 0.1) is 18.0 Å². The van der Waals surface area contributed by atoms with Crippen molar-refractivity contribution >= 4 is 35.0 Å². The molecule has 1 heterocycles. The molecule has 3 rings (SSSR count). The molecule has 2 amide bonds. The first-order valence-electron chi connectivity index (χ1n) is 8.94. The summed E-state index contributed by atoms with van der Waals surface area (Å²) in [6.45, 7) is 3.86. The number of nitrogens with two attached hydrogens (primary N) is 1. The van der Waals surface area contributed by atoms with Crippen LogP contribution in [0.1, 0.15) is 0 Å². The topological polar surface area (TPSA) is 78.7 Å². The number of anilines is 2. The molecule has 142 valence electrons. The Bertz CT molecular complexity index is 777. The Morgan fingerprint density at radius 2 is 1.63 bits per heavy atom. The van der Waals surface area contributed by atoms with Crippen molar-refractivity contribution in [3.05, 3.63) is 54.6 Å². The van der Waals surface area contributed by atoms with Crippen molar-refractivity contribution in [1.29, 1.82) is 0 Å². The number of rotatable bonds is 7. The number of hydrogen-bond donors (Lipinski definition) is 2. The van der Waals surface area contributed by atoms with Gasteiger partial charge < -0.3 is 16.0 Å². The Labute approximate surface area is 163 Å². The quantitative estimate of drug-likeness (QED) is 0.714. The van der Waals surface area contributed by atoms with Crippen LogP contribution in [0.5, 0.6) is 0 Å². The minimum Gasteiger partial charge on any atom is -0.369 e. The summed E-state index contributed by atoms with van der Waals surface area (Å²) in [6, 6.07) is 17.8. The summed E-state index contributed by atoms with van der Waals surface area (Å²) in [5.41, 5.74) is 7.15. The van der Waals surface area contributed by atoms with E-state index < -0.39 is 0 Å². The van der Waals surface area contributed by atoms with E-state index in [0.717, 1.165) is 36.8 Å². The van der Waals surface area contributed by atoms with E-state index in [2.05, 4.69) is 27.2 Å². The van der Waals surface area contributed by atoms with E-state index in [4.69, 9.17) is 5.73 Å². The predicted molar refractivity (Wildman–Crippen MR) is 110 cm³/mol. The van der Waals surface area contributed by atoms with Gasteiger partial charge in [-0.1, -0.05) is 30.3 Å². The summed E-state index contributed by atoms with van der Waals surface area (Å²) in [6.07, 6.45) is 0. The molecule has 0 spiro atoms. The molecule has 0 aliphatic carbocycles. The maximum atomic E-state index is 12.5. The summed E-state index contributed by atoms with van der Waals surface area (Å²) >= 11 is 1.33. The maximum absolute atomic E-state index is 12.5. The normalized spacial score (nSPS) is 14.7. The molecule has 3 N–H and O–H groups in total. The van der Waals surface area contributed by atoms with Gasteiger partial charge in [0.15, 0.2) is 0 Å². The van der Waals surface area contributed by atoms with E-state index in [1.807, 2.05) is 42.5 Å². The van der Waals surface area contributed by atoms with Gasteiger partial charge in [-0.25, -0.2) is 0 Å². The number of hydrogen-bond acceptors (Lipinski definition) is 5.